The molecule has 1 radical (unpaired) electrons. The van der Waals surface area contributed by atoms with E-state index in [1.165, 1.54) is 0 Å². The van der Waals surface area contributed by atoms with Crippen LogP contribution in [0.25, 0.3) is 0 Å². The molecule has 2 nitrogen and oxygen atoms in total. The van der Waals surface area contributed by atoms with Crippen LogP contribution in [-0.2, 0) is 0 Å². The van der Waals surface area contributed by atoms with Gasteiger partial charge in [-0.05, 0) is 0 Å². The average molecular weight is 206 g/mol. The summed E-state index contributed by atoms with van der Waals surface area (Å²) in [5.74, 6) is 0. The number of hydrogen-bond donors (Lipinski definition) is 1. The minimum absolute atomic E-state index is 0.542. The molecule has 1 heterocycles. The molecule has 0 atom stereocenters. The number of thiazole rings is 1. The van der Waals surface area contributed by atoms with Gasteiger partial charge >= 0.3 is 33.0 Å². The summed E-state index contributed by atoms with van der Waals surface area (Å²) in [7, 11) is 0. The van der Waals surface area contributed by atoms with Gasteiger partial charge in [-0.15, -0.1) is 11.3 Å². The van der Waals surface area contributed by atoms with E-state index in [2.05, 4.69) is 21.0 Å². The SMILES string of the molecule is CC(=N)[Se].c1cscn1. The third kappa shape index (κ3) is 11.4. The van der Waals surface area contributed by atoms with Gasteiger partial charge in [0.1, 0.15) is 0 Å². The van der Waals surface area contributed by atoms with Gasteiger partial charge in [0.15, 0.2) is 0 Å². The van der Waals surface area contributed by atoms with E-state index in [1.54, 1.807) is 30.0 Å². The molecule has 0 aromatic carbocycles. The van der Waals surface area contributed by atoms with Crippen LogP contribution in [0.3, 0.4) is 0 Å². The first-order valence-electron chi connectivity index (χ1n) is 2.28. The Balaban J connectivity index is 0.000000148. The maximum atomic E-state index is 6.44. The predicted octanol–water partition coefficient (Wildman–Crippen LogP) is 1.30. The average Bonchev–Trinajstić information content (AvgIpc) is 2.11. The smallest absolute Gasteiger partial charge is 0.0791 e. The summed E-state index contributed by atoms with van der Waals surface area (Å²) >= 11 is 4.09. The molecule has 0 unspecified atom stereocenters. The van der Waals surface area contributed by atoms with E-state index in [-0.39, 0.29) is 0 Å². The Bertz CT molecular complexity index is 129. The van der Waals surface area contributed by atoms with Crippen LogP contribution in [0.4, 0.5) is 0 Å². The predicted molar refractivity (Wildman–Crippen MR) is 41.3 cm³/mol. The monoisotopic (exact) mass is 207 g/mol. The molecule has 0 bridgehead atoms. The second-order valence-electron chi connectivity index (χ2n) is 1.23. The number of nitrogens with one attached hydrogen (secondary N) is 1. The number of nitrogens with zero attached hydrogens (tertiary/aromatic N) is 1. The largest absolute Gasteiger partial charge is 0.253 e. The van der Waals surface area contributed by atoms with Gasteiger partial charge in [0.05, 0.1) is 5.51 Å². The van der Waals surface area contributed by atoms with Crippen LogP contribution in [0.5, 0.6) is 0 Å². The van der Waals surface area contributed by atoms with E-state index in [4.69, 9.17) is 5.41 Å². The minimum atomic E-state index is 0.542. The zero-order valence-corrected chi connectivity index (χ0v) is 7.53. The van der Waals surface area contributed by atoms with Crippen LogP contribution in [0.2, 0.25) is 0 Å². The van der Waals surface area contributed by atoms with Gasteiger partial charge in [0, 0.05) is 11.6 Å². The van der Waals surface area contributed by atoms with Crippen molar-refractivity contribution in [3.63, 3.8) is 0 Å². The van der Waals surface area contributed by atoms with Crippen molar-refractivity contribution in [2.24, 2.45) is 0 Å². The Morgan fingerprint density at radius 2 is 2.33 bits per heavy atom. The van der Waals surface area contributed by atoms with Crippen LogP contribution in [0.15, 0.2) is 17.1 Å². The maximum absolute atomic E-state index is 6.44. The number of aromatic nitrogens is 1. The van der Waals surface area contributed by atoms with Gasteiger partial charge < -0.3 is 0 Å². The first kappa shape index (κ1) is 8.82. The Morgan fingerprint density at radius 3 is 2.44 bits per heavy atom. The van der Waals surface area contributed by atoms with Crippen LogP contribution in [0.1, 0.15) is 6.92 Å². The number of hydrogen-bond acceptors (Lipinski definition) is 3. The quantitative estimate of drug-likeness (QED) is 0.504. The van der Waals surface area contributed by atoms with Crippen molar-refractivity contribution >= 4 is 32.0 Å². The third-order valence-electron chi connectivity index (χ3n) is 0.347. The molecule has 0 saturated carbocycles. The molecule has 4 heteroatoms. The second-order valence-corrected chi connectivity index (χ2v) is 3.27. The molecule has 1 aromatic heterocycles. The Kier molecular flexibility index (Phi) is 5.83. The molecule has 1 rings (SSSR count). The normalized spacial score (nSPS) is 7.22. The van der Waals surface area contributed by atoms with Gasteiger partial charge in [-0.1, -0.05) is 0 Å². The van der Waals surface area contributed by atoms with E-state index in [0.717, 1.165) is 0 Å². The van der Waals surface area contributed by atoms with E-state index in [1.807, 2.05) is 5.38 Å². The van der Waals surface area contributed by atoms with Crippen molar-refractivity contribution in [3.05, 3.63) is 17.1 Å². The fourth-order valence-corrected chi connectivity index (χ4v) is 0.527. The van der Waals surface area contributed by atoms with Crippen molar-refractivity contribution in [2.45, 2.75) is 6.92 Å². The summed E-state index contributed by atoms with van der Waals surface area (Å²) in [6.07, 6.45) is 1.77. The number of rotatable bonds is 0. The Hall–Kier alpha value is -0.181. The molecule has 0 amide bonds. The van der Waals surface area contributed by atoms with Gasteiger partial charge in [-0.3, -0.25) is 4.98 Å². The zero-order valence-electron chi connectivity index (χ0n) is 5.00. The molecular formula is C5H7N2SSe. The molecule has 1 N–H and O–H groups in total. The van der Waals surface area contributed by atoms with Crippen LogP contribution < -0.4 is 0 Å². The molecular weight excluding hydrogens is 199 g/mol. The summed E-state index contributed by atoms with van der Waals surface area (Å²) in [6, 6.07) is 0. The molecule has 0 aliphatic heterocycles. The summed E-state index contributed by atoms with van der Waals surface area (Å²) in [5, 5.41) is 8.38. The van der Waals surface area contributed by atoms with Gasteiger partial charge in [-0.2, -0.15) is 0 Å². The molecule has 0 aliphatic rings. The van der Waals surface area contributed by atoms with E-state index in [0.29, 0.717) is 4.61 Å². The van der Waals surface area contributed by atoms with Gasteiger partial charge in [0.2, 0.25) is 0 Å². The second kappa shape index (κ2) is 5.95. The van der Waals surface area contributed by atoms with Crippen molar-refractivity contribution in [1.82, 2.24) is 4.98 Å². The third-order valence-corrected chi connectivity index (χ3v) is 0.869. The van der Waals surface area contributed by atoms with Crippen LogP contribution in [-0.4, -0.2) is 25.6 Å². The molecule has 9 heavy (non-hydrogen) atoms. The van der Waals surface area contributed by atoms with Gasteiger partial charge in [-0.25, -0.2) is 0 Å². The maximum Gasteiger partial charge on any atom is 0.0791 e. The fraction of sp³-hybridized carbons (Fsp3) is 0.200. The van der Waals surface area contributed by atoms with Gasteiger partial charge in [0.25, 0.3) is 0 Å². The van der Waals surface area contributed by atoms with Crippen molar-refractivity contribution in [2.75, 3.05) is 0 Å². The van der Waals surface area contributed by atoms with Crippen molar-refractivity contribution < 1.29 is 0 Å². The topological polar surface area (TPSA) is 36.7 Å². The summed E-state index contributed by atoms with van der Waals surface area (Å²) in [4.78, 5) is 3.74. The van der Waals surface area contributed by atoms with E-state index in [9.17, 15) is 0 Å². The fourth-order valence-electron chi connectivity index (χ4n) is 0.176. The molecule has 0 aliphatic carbocycles. The van der Waals surface area contributed by atoms with E-state index >= 15 is 0 Å². The first-order chi connectivity index (χ1) is 4.23. The van der Waals surface area contributed by atoms with Crippen molar-refractivity contribution in [1.29, 1.82) is 5.41 Å². The Morgan fingerprint density at radius 1 is 1.78 bits per heavy atom. The zero-order chi connectivity index (χ0) is 7.11. The molecule has 0 spiro atoms. The first-order valence-corrected chi connectivity index (χ1v) is 4.07. The molecule has 1 aromatic rings. The summed E-state index contributed by atoms with van der Waals surface area (Å²) in [6.45, 7) is 1.69. The molecule has 0 fully saturated rings. The van der Waals surface area contributed by atoms with Crippen LogP contribution in [0, 0.1) is 5.41 Å². The van der Waals surface area contributed by atoms with Crippen LogP contribution >= 0.6 is 11.3 Å². The summed E-state index contributed by atoms with van der Waals surface area (Å²) in [5.41, 5.74) is 1.79. The Labute approximate surface area is 66.6 Å². The summed E-state index contributed by atoms with van der Waals surface area (Å²) < 4.78 is 0.542. The molecule has 49 valence electrons. The minimum Gasteiger partial charge on any atom is -0.253 e. The molecule has 0 saturated heterocycles. The van der Waals surface area contributed by atoms with Crippen molar-refractivity contribution in [3.8, 4) is 0 Å². The van der Waals surface area contributed by atoms with E-state index < -0.39 is 0 Å². The standard InChI is InChI=1S/C3H3NS.C2H4NSe/c1-2-5-3-4-1;1-2(3)4/h1-3H;3H,1H3.